The first-order valence-electron chi connectivity index (χ1n) is 8.18. The standard InChI is InChI=1S/C16H28N2O3/c1-4-21-14(19)13-6-5-9-18(10-13)15(20)16(12(2)3)7-8-17-11-16/h12-13,17H,4-11H2,1-3H3. The molecular formula is C16H28N2O3. The highest BCUT2D eigenvalue weighted by Gasteiger charge is 2.47. The molecule has 2 atom stereocenters. The molecule has 0 aliphatic carbocycles. The molecule has 2 aliphatic heterocycles. The minimum Gasteiger partial charge on any atom is -0.466 e. The Morgan fingerprint density at radius 2 is 2.19 bits per heavy atom. The maximum atomic E-state index is 13.0. The van der Waals surface area contributed by atoms with Gasteiger partial charge in [0.25, 0.3) is 0 Å². The van der Waals surface area contributed by atoms with Gasteiger partial charge in [-0.3, -0.25) is 9.59 Å². The third-order valence-corrected chi connectivity index (χ3v) is 5.05. The second-order valence-corrected chi connectivity index (χ2v) is 6.58. The van der Waals surface area contributed by atoms with E-state index in [-0.39, 0.29) is 23.2 Å². The maximum Gasteiger partial charge on any atom is 0.310 e. The summed E-state index contributed by atoms with van der Waals surface area (Å²) in [5.41, 5.74) is -0.295. The summed E-state index contributed by atoms with van der Waals surface area (Å²) >= 11 is 0. The lowest BCUT2D eigenvalue weighted by Gasteiger charge is -2.40. The van der Waals surface area contributed by atoms with Crippen LogP contribution in [0, 0.1) is 17.3 Å². The van der Waals surface area contributed by atoms with Crippen LogP contribution in [0.1, 0.15) is 40.0 Å². The van der Waals surface area contributed by atoms with E-state index in [9.17, 15) is 9.59 Å². The molecule has 2 unspecified atom stereocenters. The highest BCUT2D eigenvalue weighted by atomic mass is 16.5. The van der Waals surface area contributed by atoms with Crippen molar-refractivity contribution in [2.24, 2.45) is 17.3 Å². The second kappa shape index (κ2) is 6.77. The van der Waals surface area contributed by atoms with Crippen molar-refractivity contribution in [2.45, 2.75) is 40.0 Å². The molecule has 0 saturated carbocycles. The number of carbonyl (C=O) groups is 2. The SMILES string of the molecule is CCOC(=O)C1CCCN(C(=O)C2(C(C)C)CCNC2)C1. The lowest BCUT2D eigenvalue weighted by atomic mass is 9.74. The van der Waals surface area contributed by atoms with Gasteiger partial charge in [-0.05, 0) is 38.6 Å². The monoisotopic (exact) mass is 296 g/mol. The van der Waals surface area contributed by atoms with Crippen LogP contribution in [0.25, 0.3) is 0 Å². The van der Waals surface area contributed by atoms with Gasteiger partial charge < -0.3 is 15.0 Å². The maximum absolute atomic E-state index is 13.0. The van der Waals surface area contributed by atoms with Crippen LogP contribution in [-0.4, -0.2) is 49.6 Å². The summed E-state index contributed by atoms with van der Waals surface area (Å²) in [7, 11) is 0. The topological polar surface area (TPSA) is 58.6 Å². The number of esters is 1. The fraction of sp³-hybridized carbons (Fsp3) is 0.875. The molecule has 2 aliphatic rings. The van der Waals surface area contributed by atoms with E-state index in [1.807, 2.05) is 11.8 Å². The first-order chi connectivity index (χ1) is 10.0. The van der Waals surface area contributed by atoms with E-state index in [4.69, 9.17) is 4.74 Å². The van der Waals surface area contributed by atoms with Gasteiger partial charge in [0.05, 0.1) is 17.9 Å². The van der Waals surface area contributed by atoms with Crippen molar-refractivity contribution in [3.8, 4) is 0 Å². The fourth-order valence-corrected chi connectivity index (χ4v) is 3.56. The number of nitrogens with zero attached hydrogens (tertiary/aromatic N) is 1. The Morgan fingerprint density at radius 3 is 2.76 bits per heavy atom. The van der Waals surface area contributed by atoms with Crippen molar-refractivity contribution < 1.29 is 14.3 Å². The Kier molecular flexibility index (Phi) is 5.25. The van der Waals surface area contributed by atoms with Crippen LogP contribution in [-0.2, 0) is 14.3 Å². The molecule has 21 heavy (non-hydrogen) atoms. The Balaban J connectivity index is 2.06. The first-order valence-corrected chi connectivity index (χ1v) is 8.18. The molecule has 0 radical (unpaired) electrons. The average molecular weight is 296 g/mol. The number of likely N-dealkylation sites (tertiary alicyclic amines) is 1. The molecular weight excluding hydrogens is 268 g/mol. The van der Waals surface area contributed by atoms with Crippen molar-refractivity contribution in [1.29, 1.82) is 0 Å². The molecule has 1 amide bonds. The number of ether oxygens (including phenoxy) is 1. The normalized spacial score (nSPS) is 29.7. The lowest BCUT2D eigenvalue weighted by Crippen LogP contribution is -2.52. The van der Waals surface area contributed by atoms with Gasteiger partial charge in [0.1, 0.15) is 0 Å². The number of amides is 1. The van der Waals surface area contributed by atoms with E-state index >= 15 is 0 Å². The average Bonchev–Trinajstić information content (AvgIpc) is 2.98. The van der Waals surface area contributed by atoms with Crippen molar-refractivity contribution in [2.75, 3.05) is 32.8 Å². The minimum absolute atomic E-state index is 0.152. The van der Waals surface area contributed by atoms with Gasteiger partial charge in [0.15, 0.2) is 0 Å². The van der Waals surface area contributed by atoms with E-state index in [2.05, 4.69) is 19.2 Å². The fourth-order valence-electron chi connectivity index (χ4n) is 3.56. The zero-order valence-corrected chi connectivity index (χ0v) is 13.5. The molecule has 5 nitrogen and oxygen atoms in total. The molecule has 2 heterocycles. The molecule has 2 rings (SSSR count). The summed E-state index contributed by atoms with van der Waals surface area (Å²) in [6.45, 7) is 9.42. The van der Waals surface area contributed by atoms with Crippen LogP contribution >= 0.6 is 0 Å². The third kappa shape index (κ3) is 3.23. The van der Waals surface area contributed by atoms with Crippen molar-refractivity contribution in [3.63, 3.8) is 0 Å². The summed E-state index contributed by atoms with van der Waals surface area (Å²) in [6, 6.07) is 0. The van der Waals surface area contributed by atoms with Crippen LogP contribution in [0.4, 0.5) is 0 Å². The number of rotatable bonds is 4. The van der Waals surface area contributed by atoms with Crippen LogP contribution in [0.2, 0.25) is 0 Å². The van der Waals surface area contributed by atoms with Crippen molar-refractivity contribution in [3.05, 3.63) is 0 Å². The van der Waals surface area contributed by atoms with Gasteiger partial charge in [-0.1, -0.05) is 13.8 Å². The van der Waals surface area contributed by atoms with Crippen molar-refractivity contribution >= 4 is 11.9 Å². The molecule has 0 aromatic rings. The van der Waals surface area contributed by atoms with Crippen LogP contribution < -0.4 is 5.32 Å². The highest BCUT2D eigenvalue weighted by Crippen LogP contribution is 2.37. The van der Waals surface area contributed by atoms with E-state index in [1.165, 1.54) is 0 Å². The molecule has 1 N–H and O–H groups in total. The Bertz CT molecular complexity index is 389. The molecule has 0 aromatic heterocycles. The number of hydrogen-bond donors (Lipinski definition) is 1. The zero-order chi connectivity index (χ0) is 15.5. The Morgan fingerprint density at radius 1 is 1.43 bits per heavy atom. The Hall–Kier alpha value is -1.10. The minimum atomic E-state index is -0.295. The third-order valence-electron chi connectivity index (χ3n) is 5.05. The zero-order valence-electron chi connectivity index (χ0n) is 13.5. The van der Waals surface area contributed by atoms with Gasteiger partial charge in [0, 0.05) is 19.6 Å². The number of hydrogen-bond acceptors (Lipinski definition) is 4. The quantitative estimate of drug-likeness (QED) is 0.797. The summed E-state index contributed by atoms with van der Waals surface area (Å²) in [5, 5.41) is 3.33. The van der Waals surface area contributed by atoms with Crippen molar-refractivity contribution in [1.82, 2.24) is 10.2 Å². The number of piperidine rings is 1. The highest BCUT2D eigenvalue weighted by molar-refractivity contribution is 5.84. The molecule has 0 spiro atoms. The predicted molar refractivity (Wildman–Crippen MR) is 80.7 cm³/mol. The van der Waals surface area contributed by atoms with Gasteiger partial charge in [-0.15, -0.1) is 0 Å². The van der Waals surface area contributed by atoms with E-state index in [1.54, 1.807) is 0 Å². The predicted octanol–water partition coefficient (Wildman–Crippen LogP) is 1.42. The van der Waals surface area contributed by atoms with Gasteiger partial charge in [0.2, 0.25) is 5.91 Å². The molecule has 5 heteroatoms. The summed E-state index contributed by atoms with van der Waals surface area (Å²) in [5.74, 6) is 0.221. The number of carbonyl (C=O) groups excluding carboxylic acids is 2. The second-order valence-electron chi connectivity index (χ2n) is 6.58. The van der Waals surface area contributed by atoms with Crippen LogP contribution in [0.3, 0.4) is 0 Å². The molecule has 0 bridgehead atoms. The lowest BCUT2D eigenvalue weighted by molar-refractivity contribution is -0.154. The molecule has 0 aromatic carbocycles. The summed E-state index contributed by atoms with van der Waals surface area (Å²) in [4.78, 5) is 26.9. The summed E-state index contributed by atoms with van der Waals surface area (Å²) < 4.78 is 5.12. The first kappa shape index (κ1) is 16.3. The van der Waals surface area contributed by atoms with Crippen LogP contribution in [0.15, 0.2) is 0 Å². The van der Waals surface area contributed by atoms with Gasteiger partial charge in [-0.2, -0.15) is 0 Å². The Labute approximate surface area is 127 Å². The molecule has 2 fully saturated rings. The van der Waals surface area contributed by atoms with Gasteiger partial charge in [-0.25, -0.2) is 0 Å². The van der Waals surface area contributed by atoms with E-state index in [0.29, 0.717) is 19.1 Å². The molecule has 120 valence electrons. The van der Waals surface area contributed by atoms with Crippen LogP contribution in [0.5, 0.6) is 0 Å². The van der Waals surface area contributed by atoms with E-state index in [0.717, 1.165) is 38.9 Å². The molecule has 2 saturated heterocycles. The largest absolute Gasteiger partial charge is 0.466 e. The van der Waals surface area contributed by atoms with Gasteiger partial charge >= 0.3 is 5.97 Å². The summed E-state index contributed by atoms with van der Waals surface area (Å²) in [6.07, 6.45) is 2.61. The number of nitrogens with one attached hydrogen (secondary N) is 1. The smallest absolute Gasteiger partial charge is 0.310 e. The van der Waals surface area contributed by atoms with E-state index < -0.39 is 0 Å².